The molecule has 0 amide bonds. The van der Waals surface area contributed by atoms with E-state index in [1.54, 1.807) is 11.1 Å². The Morgan fingerprint density at radius 1 is 1.00 bits per heavy atom. The predicted molar refractivity (Wildman–Crippen MR) is 58.6 cm³/mol. The molecule has 0 bridgehead atoms. The topological polar surface area (TPSA) is 12.0 Å². The number of rotatable bonds is 2. The lowest BCUT2D eigenvalue weighted by molar-refractivity contribution is 0.761. The molecule has 14 heavy (non-hydrogen) atoms. The molecule has 1 aromatic carbocycles. The summed E-state index contributed by atoms with van der Waals surface area (Å²) < 4.78 is 0. The Morgan fingerprint density at radius 3 is 2.43 bits per heavy atom. The van der Waals surface area contributed by atoms with Gasteiger partial charge in [-0.05, 0) is 48.8 Å². The second-order valence-electron chi connectivity index (χ2n) is 4.63. The molecular weight excluding hydrogens is 170 g/mol. The normalized spacial score (nSPS) is 26.7. The summed E-state index contributed by atoms with van der Waals surface area (Å²) in [5, 5.41) is 3.44. The third-order valence-corrected chi connectivity index (χ3v) is 3.49. The van der Waals surface area contributed by atoms with Crippen molar-refractivity contribution < 1.29 is 0 Å². The Hall–Kier alpha value is -0.820. The van der Waals surface area contributed by atoms with E-state index in [4.69, 9.17) is 0 Å². The van der Waals surface area contributed by atoms with Gasteiger partial charge in [-0.25, -0.2) is 0 Å². The smallest absolute Gasteiger partial charge is 0.00206 e. The second-order valence-corrected chi connectivity index (χ2v) is 4.63. The van der Waals surface area contributed by atoms with Crippen LogP contribution in [0.2, 0.25) is 0 Å². The first-order valence-corrected chi connectivity index (χ1v) is 5.74. The van der Waals surface area contributed by atoms with Crippen LogP contribution >= 0.6 is 0 Å². The third kappa shape index (κ3) is 1.57. The molecule has 1 aromatic rings. The van der Waals surface area contributed by atoms with Crippen LogP contribution in [0.15, 0.2) is 24.3 Å². The van der Waals surface area contributed by atoms with Gasteiger partial charge in [-0.1, -0.05) is 24.3 Å². The molecule has 1 heterocycles. The molecule has 1 saturated heterocycles. The molecule has 2 fully saturated rings. The molecule has 0 aromatic heterocycles. The highest BCUT2D eigenvalue weighted by atomic mass is 14.9. The summed E-state index contributed by atoms with van der Waals surface area (Å²) >= 11 is 0. The molecule has 2 aliphatic rings. The monoisotopic (exact) mass is 187 g/mol. The Morgan fingerprint density at radius 2 is 1.79 bits per heavy atom. The summed E-state index contributed by atoms with van der Waals surface area (Å²) in [6.45, 7) is 2.37. The van der Waals surface area contributed by atoms with Crippen LogP contribution in [0.4, 0.5) is 0 Å². The number of benzene rings is 1. The highest BCUT2D eigenvalue weighted by Gasteiger charge is 2.24. The van der Waals surface area contributed by atoms with Crippen molar-refractivity contribution in [3.8, 4) is 0 Å². The summed E-state index contributed by atoms with van der Waals surface area (Å²) in [5.74, 6) is 1.66. The van der Waals surface area contributed by atoms with Crippen molar-refractivity contribution in [3.05, 3.63) is 35.4 Å². The zero-order valence-electron chi connectivity index (χ0n) is 8.50. The number of nitrogens with one attached hydrogen (secondary N) is 1. The fourth-order valence-corrected chi connectivity index (χ4v) is 2.42. The summed E-state index contributed by atoms with van der Waals surface area (Å²) in [6.07, 6.45) is 4.13. The van der Waals surface area contributed by atoms with Gasteiger partial charge in [-0.15, -0.1) is 0 Å². The Labute approximate surface area is 85.5 Å². The average molecular weight is 187 g/mol. The van der Waals surface area contributed by atoms with E-state index in [1.807, 2.05) is 0 Å². The lowest BCUT2D eigenvalue weighted by Gasteiger charge is -2.10. The van der Waals surface area contributed by atoms with Crippen molar-refractivity contribution in [2.24, 2.45) is 0 Å². The van der Waals surface area contributed by atoms with Gasteiger partial charge in [0, 0.05) is 6.54 Å². The van der Waals surface area contributed by atoms with Crippen LogP contribution in [0.5, 0.6) is 0 Å². The highest BCUT2D eigenvalue weighted by Crippen LogP contribution is 2.40. The van der Waals surface area contributed by atoms with Crippen molar-refractivity contribution in [1.29, 1.82) is 0 Å². The molecule has 1 atom stereocenters. The zero-order chi connectivity index (χ0) is 9.38. The maximum atomic E-state index is 3.44. The van der Waals surface area contributed by atoms with Gasteiger partial charge < -0.3 is 5.32 Å². The maximum Gasteiger partial charge on any atom is 0.00206 e. The molecule has 1 saturated carbocycles. The van der Waals surface area contributed by atoms with E-state index in [0.29, 0.717) is 0 Å². The summed E-state index contributed by atoms with van der Waals surface area (Å²) in [6, 6.07) is 9.27. The molecule has 1 N–H and O–H groups in total. The minimum Gasteiger partial charge on any atom is -0.316 e. The van der Waals surface area contributed by atoms with Crippen LogP contribution in [0.25, 0.3) is 0 Å². The number of hydrogen-bond donors (Lipinski definition) is 1. The van der Waals surface area contributed by atoms with Gasteiger partial charge in [0.15, 0.2) is 0 Å². The van der Waals surface area contributed by atoms with Crippen LogP contribution in [-0.2, 0) is 0 Å². The highest BCUT2D eigenvalue weighted by molar-refractivity contribution is 5.31. The maximum absolute atomic E-state index is 3.44. The summed E-state index contributed by atoms with van der Waals surface area (Å²) in [4.78, 5) is 0. The summed E-state index contributed by atoms with van der Waals surface area (Å²) in [5.41, 5.74) is 3.13. The van der Waals surface area contributed by atoms with Crippen molar-refractivity contribution in [2.45, 2.75) is 31.1 Å². The van der Waals surface area contributed by atoms with E-state index in [0.717, 1.165) is 11.8 Å². The molecule has 1 unspecified atom stereocenters. The van der Waals surface area contributed by atoms with E-state index in [9.17, 15) is 0 Å². The van der Waals surface area contributed by atoms with Crippen LogP contribution in [-0.4, -0.2) is 13.1 Å². The van der Waals surface area contributed by atoms with Gasteiger partial charge >= 0.3 is 0 Å². The third-order valence-electron chi connectivity index (χ3n) is 3.49. The van der Waals surface area contributed by atoms with E-state index in [2.05, 4.69) is 29.6 Å². The molecular formula is C13H17N. The van der Waals surface area contributed by atoms with Crippen LogP contribution in [0.1, 0.15) is 42.2 Å². The van der Waals surface area contributed by atoms with Crippen molar-refractivity contribution in [2.75, 3.05) is 13.1 Å². The van der Waals surface area contributed by atoms with Crippen LogP contribution < -0.4 is 5.32 Å². The Balaban J connectivity index is 1.85. The minimum atomic E-state index is 0.772. The minimum absolute atomic E-state index is 0.772. The SMILES string of the molecule is c1cc(C2CC2)cc(C2CCNC2)c1. The standard InChI is InChI=1S/C13H17N/c1-2-11(10-4-5-10)8-12(3-1)13-6-7-14-9-13/h1-3,8,10,13-14H,4-7,9H2. The van der Waals surface area contributed by atoms with Gasteiger partial charge in [0.05, 0.1) is 0 Å². The van der Waals surface area contributed by atoms with Crippen molar-refractivity contribution in [3.63, 3.8) is 0 Å². The molecule has 0 spiro atoms. The van der Waals surface area contributed by atoms with Crippen molar-refractivity contribution >= 4 is 0 Å². The van der Waals surface area contributed by atoms with Crippen LogP contribution in [0, 0.1) is 0 Å². The lowest BCUT2D eigenvalue weighted by atomic mass is 9.95. The average Bonchev–Trinajstić information content (AvgIpc) is 2.94. The van der Waals surface area contributed by atoms with E-state index >= 15 is 0 Å². The second kappa shape index (κ2) is 3.39. The molecule has 74 valence electrons. The van der Waals surface area contributed by atoms with E-state index < -0.39 is 0 Å². The molecule has 1 aliphatic heterocycles. The lowest BCUT2D eigenvalue weighted by Crippen LogP contribution is -2.08. The predicted octanol–water partition coefficient (Wildman–Crippen LogP) is 2.64. The first-order chi connectivity index (χ1) is 6.93. The first-order valence-electron chi connectivity index (χ1n) is 5.74. The van der Waals surface area contributed by atoms with Gasteiger partial charge in [0.25, 0.3) is 0 Å². The fourth-order valence-electron chi connectivity index (χ4n) is 2.42. The van der Waals surface area contributed by atoms with Gasteiger partial charge in [0.1, 0.15) is 0 Å². The Bertz CT molecular complexity index is 322. The first kappa shape index (κ1) is 8.49. The van der Waals surface area contributed by atoms with E-state index in [1.165, 1.54) is 32.4 Å². The molecule has 1 heteroatoms. The van der Waals surface area contributed by atoms with Crippen LogP contribution in [0.3, 0.4) is 0 Å². The van der Waals surface area contributed by atoms with E-state index in [-0.39, 0.29) is 0 Å². The molecule has 3 rings (SSSR count). The largest absolute Gasteiger partial charge is 0.316 e. The number of hydrogen-bond acceptors (Lipinski definition) is 1. The zero-order valence-corrected chi connectivity index (χ0v) is 8.50. The Kier molecular flexibility index (Phi) is 2.06. The molecule has 1 nitrogen and oxygen atoms in total. The van der Waals surface area contributed by atoms with Gasteiger partial charge in [-0.3, -0.25) is 0 Å². The van der Waals surface area contributed by atoms with Crippen molar-refractivity contribution in [1.82, 2.24) is 5.32 Å². The fraction of sp³-hybridized carbons (Fsp3) is 0.538. The summed E-state index contributed by atoms with van der Waals surface area (Å²) in [7, 11) is 0. The van der Waals surface area contributed by atoms with Gasteiger partial charge in [0.2, 0.25) is 0 Å². The quantitative estimate of drug-likeness (QED) is 0.750. The molecule has 0 radical (unpaired) electrons. The molecule has 1 aliphatic carbocycles. The van der Waals surface area contributed by atoms with Gasteiger partial charge in [-0.2, -0.15) is 0 Å².